The van der Waals surface area contributed by atoms with Gasteiger partial charge in [-0.2, -0.15) is 0 Å². The Kier molecular flexibility index (Phi) is 6.95. The summed E-state index contributed by atoms with van der Waals surface area (Å²) in [6.07, 6.45) is 7.83. The minimum atomic E-state index is -0.0412. The van der Waals surface area contributed by atoms with Gasteiger partial charge < -0.3 is 4.74 Å². The number of likely N-dealkylation sites (tertiary alicyclic amines) is 1. The Labute approximate surface area is 140 Å². The molecular formula is C20H41NO. The monoisotopic (exact) mass is 311 g/mol. The average molecular weight is 312 g/mol. The Morgan fingerprint density at radius 1 is 1.00 bits per heavy atom. The van der Waals surface area contributed by atoms with Crippen LogP contribution < -0.4 is 0 Å². The van der Waals surface area contributed by atoms with Gasteiger partial charge in [-0.1, -0.05) is 33.6 Å². The minimum absolute atomic E-state index is 0.0412. The zero-order chi connectivity index (χ0) is 17.0. The van der Waals surface area contributed by atoms with E-state index >= 15 is 0 Å². The molecule has 0 aromatic carbocycles. The van der Waals surface area contributed by atoms with Gasteiger partial charge >= 0.3 is 0 Å². The molecule has 0 bridgehead atoms. The van der Waals surface area contributed by atoms with Crippen LogP contribution in [-0.2, 0) is 4.74 Å². The summed E-state index contributed by atoms with van der Waals surface area (Å²) in [5.41, 5.74) is 0.731. The van der Waals surface area contributed by atoms with Gasteiger partial charge in [0.15, 0.2) is 0 Å². The maximum absolute atomic E-state index is 5.66. The molecule has 1 aliphatic heterocycles. The highest BCUT2D eigenvalue weighted by molar-refractivity contribution is 4.93. The summed E-state index contributed by atoms with van der Waals surface area (Å²) in [6, 6.07) is 0. The van der Waals surface area contributed by atoms with E-state index in [4.69, 9.17) is 4.74 Å². The standard InChI is InChI=1S/C20H41NO/c1-9-13-20(7,10-2)17-11-14-21(15-12-17)18(3,4)16-19(5,6)22-8/h17H,9-16H2,1-8H3. The maximum atomic E-state index is 5.66. The van der Waals surface area contributed by atoms with Crippen molar-refractivity contribution in [1.29, 1.82) is 0 Å². The molecule has 1 heterocycles. The molecule has 1 aliphatic rings. The number of piperidine rings is 1. The highest BCUT2D eigenvalue weighted by Crippen LogP contribution is 2.43. The molecule has 0 saturated carbocycles. The molecule has 1 fully saturated rings. The van der Waals surface area contributed by atoms with Gasteiger partial charge in [0.2, 0.25) is 0 Å². The van der Waals surface area contributed by atoms with E-state index in [1.54, 1.807) is 0 Å². The lowest BCUT2D eigenvalue weighted by Gasteiger charge is -2.49. The fraction of sp³-hybridized carbons (Fsp3) is 1.00. The summed E-state index contributed by atoms with van der Waals surface area (Å²) in [5.74, 6) is 0.903. The van der Waals surface area contributed by atoms with Crippen molar-refractivity contribution in [3.63, 3.8) is 0 Å². The van der Waals surface area contributed by atoms with Gasteiger partial charge in [-0.25, -0.2) is 0 Å². The second-order valence-electron chi connectivity index (χ2n) is 8.97. The van der Waals surface area contributed by atoms with Gasteiger partial charge in [0, 0.05) is 12.6 Å². The number of hydrogen-bond donors (Lipinski definition) is 0. The van der Waals surface area contributed by atoms with Crippen LogP contribution in [0, 0.1) is 11.3 Å². The first kappa shape index (κ1) is 20.0. The van der Waals surface area contributed by atoms with Crippen molar-refractivity contribution in [2.45, 2.75) is 98.1 Å². The molecule has 0 aromatic heterocycles. The molecule has 1 saturated heterocycles. The Hall–Kier alpha value is -0.0800. The molecule has 132 valence electrons. The first-order chi connectivity index (χ1) is 10.1. The quantitative estimate of drug-likeness (QED) is 0.586. The minimum Gasteiger partial charge on any atom is -0.379 e. The summed E-state index contributed by atoms with van der Waals surface area (Å²) in [4.78, 5) is 2.70. The van der Waals surface area contributed by atoms with Crippen LogP contribution in [0.3, 0.4) is 0 Å². The van der Waals surface area contributed by atoms with Crippen LogP contribution in [0.2, 0.25) is 0 Å². The van der Waals surface area contributed by atoms with E-state index < -0.39 is 0 Å². The van der Waals surface area contributed by atoms with Crippen LogP contribution in [0.4, 0.5) is 0 Å². The molecule has 0 aliphatic carbocycles. The first-order valence-corrected chi connectivity index (χ1v) is 9.40. The summed E-state index contributed by atoms with van der Waals surface area (Å²) in [5, 5.41) is 0. The lowest BCUT2D eigenvalue weighted by atomic mass is 9.67. The van der Waals surface area contributed by atoms with Crippen LogP contribution in [0.15, 0.2) is 0 Å². The van der Waals surface area contributed by atoms with E-state index in [1.165, 1.54) is 45.2 Å². The predicted molar refractivity (Wildman–Crippen MR) is 97.4 cm³/mol. The largest absolute Gasteiger partial charge is 0.379 e. The smallest absolute Gasteiger partial charge is 0.0640 e. The topological polar surface area (TPSA) is 12.5 Å². The van der Waals surface area contributed by atoms with Crippen LogP contribution in [0.1, 0.15) is 87.0 Å². The van der Waals surface area contributed by atoms with Gasteiger partial charge in [-0.15, -0.1) is 0 Å². The number of hydrogen-bond acceptors (Lipinski definition) is 2. The fourth-order valence-corrected chi connectivity index (χ4v) is 4.65. The predicted octanol–water partition coefficient (Wildman–Crippen LogP) is 5.51. The molecule has 0 spiro atoms. The van der Waals surface area contributed by atoms with Crippen LogP contribution in [-0.4, -0.2) is 36.2 Å². The van der Waals surface area contributed by atoms with Crippen molar-refractivity contribution in [3.8, 4) is 0 Å². The highest BCUT2D eigenvalue weighted by Gasteiger charge is 2.39. The molecule has 22 heavy (non-hydrogen) atoms. The van der Waals surface area contributed by atoms with Gasteiger partial charge in [-0.3, -0.25) is 4.90 Å². The molecule has 2 nitrogen and oxygen atoms in total. The van der Waals surface area contributed by atoms with Gasteiger partial charge in [0.05, 0.1) is 5.60 Å². The van der Waals surface area contributed by atoms with Crippen molar-refractivity contribution in [2.24, 2.45) is 11.3 Å². The number of methoxy groups -OCH3 is 1. The zero-order valence-electron chi connectivity index (χ0n) is 16.6. The van der Waals surface area contributed by atoms with E-state index in [1.807, 2.05) is 7.11 Å². The summed E-state index contributed by atoms with van der Waals surface area (Å²) < 4.78 is 5.66. The molecule has 1 unspecified atom stereocenters. The van der Waals surface area contributed by atoms with Crippen LogP contribution in [0.5, 0.6) is 0 Å². The highest BCUT2D eigenvalue weighted by atomic mass is 16.5. The normalized spacial score (nSPS) is 21.8. The van der Waals surface area contributed by atoms with E-state index in [2.05, 4.69) is 53.4 Å². The van der Waals surface area contributed by atoms with Crippen molar-refractivity contribution in [3.05, 3.63) is 0 Å². The van der Waals surface area contributed by atoms with Gasteiger partial charge in [0.1, 0.15) is 0 Å². The van der Waals surface area contributed by atoms with E-state index in [9.17, 15) is 0 Å². The van der Waals surface area contributed by atoms with Gasteiger partial charge in [-0.05, 0) is 77.8 Å². The first-order valence-electron chi connectivity index (χ1n) is 9.40. The maximum Gasteiger partial charge on any atom is 0.0640 e. The summed E-state index contributed by atoms with van der Waals surface area (Å²) >= 11 is 0. The third-order valence-electron chi connectivity index (χ3n) is 6.38. The van der Waals surface area contributed by atoms with Gasteiger partial charge in [0.25, 0.3) is 0 Å². The zero-order valence-corrected chi connectivity index (χ0v) is 16.6. The van der Waals surface area contributed by atoms with Crippen LogP contribution >= 0.6 is 0 Å². The Morgan fingerprint density at radius 2 is 1.55 bits per heavy atom. The Bertz CT molecular complexity index is 329. The summed E-state index contributed by atoms with van der Waals surface area (Å²) in [7, 11) is 1.83. The van der Waals surface area contributed by atoms with E-state index in [-0.39, 0.29) is 11.1 Å². The molecule has 0 radical (unpaired) electrons. The van der Waals surface area contributed by atoms with Crippen molar-refractivity contribution in [2.75, 3.05) is 20.2 Å². The number of rotatable bonds is 8. The van der Waals surface area contributed by atoms with Crippen molar-refractivity contribution >= 4 is 0 Å². The lowest BCUT2D eigenvalue weighted by molar-refractivity contribution is -0.0456. The van der Waals surface area contributed by atoms with E-state index in [0.717, 1.165) is 12.3 Å². The third-order valence-corrected chi connectivity index (χ3v) is 6.38. The molecule has 1 rings (SSSR count). The van der Waals surface area contributed by atoms with Crippen LogP contribution in [0.25, 0.3) is 0 Å². The molecule has 2 heteroatoms. The molecule has 0 N–H and O–H groups in total. The average Bonchev–Trinajstić information content (AvgIpc) is 2.46. The Morgan fingerprint density at radius 3 is 1.95 bits per heavy atom. The SMILES string of the molecule is CCCC(C)(CC)C1CCN(C(C)(C)CC(C)(C)OC)CC1. The molecule has 1 atom stereocenters. The van der Waals surface area contributed by atoms with E-state index in [0.29, 0.717) is 5.41 Å². The summed E-state index contributed by atoms with van der Waals surface area (Å²) in [6.45, 7) is 18.9. The van der Waals surface area contributed by atoms with Crippen molar-refractivity contribution < 1.29 is 4.74 Å². The Balaban J connectivity index is 2.64. The number of nitrogens with zero attached hydrogens (tertiary/aromatic N) is 1. The molecular weight excluding hydrogens is 270 g/mol. The number of ether oxygens (including phenoxy) is 1. The molecule has 0 amide bonds. The fourth-order valence-electron chi connectivity index (χ4n) is 4.65. The third kappa shape index (κ3) is 4.96. The van der Waals surface area contributed by atoms with Crippen molar-refractivity contribution in [1.82, 2.24) is 4.90 Å². The second kappa shape index (κ2) is 7.66. The molecule has 0 aromatic rings. The second-order valence-corrected chi connectivity index (χ2v) is 8.97. The lowest BCUT2D eigenvalue weighted by Crippen LogP contribution is -2.52.